The summed E-state index contributed by atoms with van der Waals surface area (Å²) in [6.07, 6.45) is 1.54. The molecule has 8 heteroatoms. The minimum Gasteiger partial charge on any atom is -0.258 e. The van der Waals surface area contributed by atoms with Crippen molar-refractivity contribution < 1.29 is 9.31 Å². The molecule has 0 aliphatic carbocycles. The highest BCUT2D eigenvalue weighted by molar-refractivity contribution is 9.08. The molecular weight excluding hydrogens is 295 g/mol. The Kier molecular flexibility index (Phi) is 3.14. The van der Waals surface area contributed by atoms with Crippen molar-refractivity contribution in [1.82, 2.24) is 15.0 Å². The fourth-order valence-electron chi connectivity index (χ4n) is 1.27. The molecule has 0 fully saturated rings. The fourth-order valence-corrected chi connectivity index (χ4v) is 1.53. The van der Waals surface area contributed by atoms with E-state index in [1.54, 1.807) is 6.20 Å². The first-order valence-electron chi connectivity index (χ1n) is 4.53. The highest BCUT2D eigenvalue weighted by Gasteiger charge is 2.13. The van der Waals surface area contributed by atoms with E-state index in [1.807, 2.05) is 0 Å². The number of nitrogens with zero attached hydrogens (tertiary/aromatic N) is 4. The van der Waals surface area contributed by atoms with Crippen molar-refractivity contribution in [1.29, 1.82) is 0 Å². The van der Waals surface area contributed by atoms with Crippen LogP contribution in [0.2, 0.25) is 0 Å². The summed E-state index contributed by atoms with van der Waals surface area (Å²) < 4.78 is 14.8. The van der Waals surface area contributed by atoms with E-state index in [0.717, 1.165) is 6.07 Å². The van der Waals surface area contributed by atoms with Gasteiger partial charge in [0.2, 0.25) is 0 Å². The molecule has 0 saturated carbocycles. The van der Waals surface area contributed by atoms with Crippen LogP contribution in [0.1, 0.15) is 5.69 Å². The van der Waals surface area contributed by atoms with E-state index in [1.165, 1.54) is 16.8 Å². The molecule has 0 saturated heterocycles. The van der Waals surface area contributed by atoms with Gasteiger partial charge in [-0.3, -0.25) is 10.1 Å². The third-order valence-corrected chi connectivity index (χ3v) is 2.64. The minimum atomic E-state index is -0.717. The van der Waals surface area contributed by atoms with E-state index in [9.17, 15) is 14.5 Å². The molecule has 0 unspecified atom stereocenters. The molecule has 1 aromatic heterocycles. The van der Waals surface area contributed by atoms with Gasteiger partial charge in [0, 0.05) is 11.4 Å². The maximum absolute atomic E-state index is 13.6. The first kappa shape index (κ1) is 11.6. The second kappa shape index (κ2) is 4.58. The van der Waals surface area contributed by atoms with Crippen molar-refractivity contribution in [3.05, 3.63) is 46.0 Å². The van der Waals surface area contributed by atoms with Crippen LogP contribution in [0, 0.1) is 15.9 Å². The van der Waals surface area contributed by atoms with Crippen molar-refractivity contribution in [2.75, 3.05) is 0 Å². The predicted octanol–water partition coefficient (Wildman–Crippen LogP) is 2.21. The second-order valence-electron chi connectivity index (χ2n) is 3.18. The van der Waals surface area contributed by atoms with Gasteiger partial charge < -0.3 is 0 Å². The van der Waals surface area contributed by atoms with E-state index in [0.29, 0.717) is 11.0 Å². The first-order valence-corrected chi connectivity index (χ1v) is 5.65. The molecule has 0 atom stereocenters. The SMILES string of the molecule is O=[N+]([O-])c1ccc(-n2cc(CBr)nn2)c(F)c1. The molecule has 2 rings (SSSR count). The Bertz CT molecular complexity index is 572. The zero-order valence-electron chi connectivity index (χ0n) is 8.38. The van der Waals surface area contributed by atoms with Crippen LogP contribution in [-0.4, -0.2) is 19.9 Å². The number of nitro benzene ring substituents is 1. The van der Waals surface area contributed by atoms with Crippen molar-refractivity contribution in [3.63, 3.8) is 0 Å². The lowest BCUT2D eigenvalue weighted by Gasteiger charge is -2.01. The number of benzene rings is 1. The Labute approximate surface area is 103 Å². The number of alkyl halides is 1. The number of hydrogen-bond donors (Lipinski definition) is 0. The lowest BCUT2D eigenvalue weighted by atomic mass is 10.2. The monoisotopic (exact) mass is 300 g/mol. The maximum atomic E-state index is 13.6. The first-order chi connectivity index (χ1) is 8.11. The number of aromatic nitrogens is 3. The lowest BCUT2D eigenvalue weighted by Crippen LogP contribution is -1.99. The van der Waals surface area contributed by atoms with Crippen LogP contribution >= 0.6 is 15.9 Å². The average Bonchev–Trinajstić information content (AvgIpc) is 2.77. The van der Waals surface area contributed by atoms with Gasteiger partial charge in [-0.15, -0.1) is 5.10 Å². The van der Waals surface area contributed by atoms with Crippen molar-refractivity contribution in [2.45, 2.75) is 5.33 Å². The molecule has 88 valence electrons. The standard InChI is InChI=1S/C9H6BrFN4O2/c10-4-6-5-14(13-12-6)9-2-1-7(15(16)17)3-8(9)11/h1-3,5H,4H2. The number of halogens is 2. The average molecular weight is 301 g/mol. The molecule has 1 aromatic carbocycles. The molecule has 0 bridgehead atoms. The molecule has 2 aromatic rings. The maximum Gasteiger partial charge on any atom is 0.272 e. The molecule has 0 amide bonds. The number of non-ortho nitro benzene ring substituents is 1. The molecule has 17 heavy (non-hydrogen) atoms. The fraction of sp³-hybridized carbons (Fsp3) is 0.111. The molecular formula is C9H6BrFN4O2. The van der Waals surface area contributed by atoms with Crippen LogP contribution in [0.15, 0.2) is 24.4 Å². The van der Waals surface area contributed by atoms with Crippen LogP contribution in [0.4, 0.5) is 10.1 Å². The Morgan fingerprint density at radius 2 is 2.29 bits per heavy atom. The van der Waals surface area contributed by atoms with E-state index in [2.05, 4.69) is 26.2 Å². The van der Waals surface area contributed by atoms with Crippen LogP contribution in [0.5, 0.6) is 0 Å². The van der Waals surface area contributed by atoms with Crippen molar-refractivity contribution in [2.24, 2.45) is 0 Å². The molecule has 1 heterocycles. The zero-order valence-corrected chi connectivity index (χ0v) is 9.96. The Balaban J connectivity index is 2.42. The number of nitro groups is 1. The second-order valence-corrected chi connectivity index (χ2v) is 3.74. The minimum absolute atomic E-state index is 0.121. The third kappa shape index (κ3) is 2.31. The van der Waals surface area contributed by atoms with Gasteiger partial charge in [0.05, 0.1) is 22.9 Å². The van der Waals surface area contributed by atoms with Crippen molar-refractivity contribution in [3.8, 4) is 5.69 Å². The molecule has 0 aliphatic rings. The van der Waals surface area contributed by atoms with E-state index in [4.69, 9.17) is 0 Å². The molecule has 0 aliphatic heterocycles. The van der Waals surface area contributed by atoms with Gasteiger partial charge in [-0.2, -0.15) is 0 Å². The zero-order chi connectivity index (χ0) is 12.4. The van der Waals surface area contributed by atoms with E-state index < -0.39 is 10.7 Å². The summed E-state index contributed by atoms with van der Waals surface area (Å²) in [5.74, 6) is -0.717. The van der Waals surface area contributed by atoms with E-state index >= 15 is 0 Å². The van der Waals surface area contributed by atoms with Crippen LogP contribution < -0.4 is 0 Å². The molecule has 0 spiro atoms. The molecule has 6 nitrogen and oxygen atoms in total. The van der Waals surface area contributed by atoms with Crippen LogP contribution in [0.25, 0.3) is 5.69 Å². The van der Waals surface area contributed by atoms with Gasteiger partial charge in [-0.25, -0.2) is 9.07 Å². The van der Waals surface area contributed by atoms with Gasteiger partial charge in [0.15, 0.2) is 5.82 Å². The van der Waals surface area contributed by atoms with Gasteiger partial charge in [-0.1, -0.05) is 21.1 Å². The number of rotatable bonds is 3. The summed E-state index contributed by atoms with van der Waals surface area (Å²) in [6, 6.07) is 3.36. The summed E-state index contributed by atoms with van der Waals surface area (Å²) in [5, 5.41) is 18.4. The normalized spacial score (nSPS) is 10.5. The topological polar surface area (TPSA) is 73.8 Å². The Morgan fingerprint density at radius 3 is 2.82 bits per heavy atom. The van der Waals surface area contributed by atoms with Gasteiger partial charge >= 0.3 is 0 Å². The van der Waals surface area contributed by atoms with Crippen molar-refractivity contribution >= 4 is 21.6 Å². The third-order valence-electron chi connectivity index (χ3n) is 2.07. The van der Waals surface area contributed by atoms with Gasteiger partial charge in [0.25, 0.3) is 5.69 Å². The summed E-state index contributed by atoms with van der Waals surface area (Å²) >= 11 is 3.19. The highest BCUT2D eigenvalue weighted by Crippen LogP contribution is 2.19. The van der Waals surface area contributed by atoms with Crippen LogP contribution in [-0.2, 0) is 5.33 Å². The van der Waals surface area contributed by atoms with Crippen LogP contribution in [0.3, 0.4) is 0 Å². The summed E-state index contributed by atoms with van der Waals surface area (Å²) in [6.45, 7) is 0. The highest BCUT2D eigenvalue weighted by atomic mass is 79.9. The Hall–Kier alpha value is -1.83. The Morgan fingerprint density at radius 1 is 1.53 bits per heavy atom. The quantitative estimate of drug-likeness (QED) is 0.495. The molecule has 0 N–H and O–H groups in total. The predicted molar refractivity (Wildman–Crippen MR) is 60.6 cm³/mol. The molecule has 0 radical (unpaired) electrons. The largest absolute Gasteiger partial charge is 0.272 e. The number of hydrogen-bond acceptors (Lipinski definition) is 4. The van der Waals surface area contributed by atoms with Gasteiger partial charge in [0.1, 0.15) is 5.69 Å². The summed E-state index contributed by atoms with van der Waals surface area (Å²) in [4.78, 5) is 9.79. The van der Waals surface area contributed by atoms with E-state index in [-0.39, 0.29) is 11.4 Å². The summed E-state index contributed by atoms with van der Waals surface area (Å²) in [7, 11) is 0. The smallest absolute Gasteiger partial charge is 0.258 e. The van der Waals surface area contributed by atoms with Gasteiger partial charge in [-0.05, 0) is 6.07 Å². The lowest BCUT2D eigenvalue weighted by molar-refractivity contribution is -0.385. The summed E-state index contributed by atoms with van der Waals surface area (Å²) in [5.41, 5.74) is 0.463.